The van der Waals surface area contributed by atoms with Crippen LogP contribution in [0.2, 0.25) is 0 Å². The van der Waals surface area contributed by atoms with Crippen molar-refractivity contribution in [2.24, 2.45) is 0 Å². The lowest BCUT2D eigenvalue weighted by molar-refractivity contribution is 0.0719. The third kappa shape index (κ3) is 4.02. The van der Waals surface area contributed by atoms with Gasteiger partial charge in [0, 0.05) is 56.9 Å². The fraction of sp³-hybridized carbons (Fsp3) is 0.368. The zero-order valence-corrected chi connectivity index (χ0v) is 15.5. The molecule has 0 saturated carbocycles. The van der Waals surface area contributed by atoms with E-state index in [9.17, 15) is 9.59 Å². The first-order chi connectivity index (χ1) is 12.1. The molecule has 6 heteroatoms. The number of hydrogen-bond donors (Lipinski definition) is 0. The average molecular weight is 357 g/mol. The van der Waals surface area contributed by atoms with Crippen molar-refractivity contribution in [3.05, 3.63) is 52.2 Å². The molecule has 25 heavy (non-hydrogen) atoms. The molecule has 0 bridgehead atoms. The van der Waals surface area contributed by atoms with Gasteiger partial charge in [0.1, 0.15) is 0 Å². The van der Waals surface area contributed by atoms with Gasteiger partial charge in [0.05, 0.1) is 5.56 Å². The van der Waals surface area contributed by atoms with E-state index in [0.29, 0.717) is 31.7 Å². The first-order valence-corrected chi connectivity index (χ1v) is 9.38. The Labute approximate surface area is 152 Å². The summed E-state index contributed by atoms with van der Waals surface area (Å²) in [6, 6.07) is 9.51. The zero-order chi connectivity index (χ0) is 17.8. The molecule has 1 aromatic heterocycles. The van der Waals surface area contributed by atoms with Crippen molar-refractivity contribution in [1.82, 2.24) is 9.80 Å². The minimum Gasteiger partial charge on any atom is -0.378 e. The second-order valence-corrected chi connectivity index (χ2v) is 7.17. The van der Waals surface area contributed by atoms with Crippen molar-refractivity contribution in [1.29, 1.82) is 0 Å². The SMILES string of the molecule is CN(C)c1ccc(C(=O)N2CCCN(C(=O)c3ccsc3)CC2)cc1. The molecule has 0 radical (unpaired) electrons. The number of benzene rings is 1. The van der Waals surface area contributed by atoms with Crippen LogP contribution in [0.4, 0.5) is 5.69 Å². The Balaban J connectivity index is 1.64. The van der Waals surface area contributed by atoms with Crippen molar-refractivity contribution in [2.45, 2.75) is 6.42 Å². The molecular weight excluding hydrogens is 334 g/mol. The topological polar surface area (TPSA) is 43.9 Å². The van der Waals surface area contributed by atoms with Gasteiger partial charge < -0.3 is 14.7 Å². The van der Waals surface area contributed by atoms with E-state index in [-0.39, 0.29) is 11.8 Å². The Morgan fingerprint density at radius 3 is 2.00 bits per heavy atom. The van der Waals surface area contributed by atoms with Gasteiger partial charge in [0.2, 0.25) is 0 Å². The summed E-state index contributed by atoms with van der Waals surface area (Å²) >= 11 is 1.53. The van der Waals surface area contributed by atoms with E-state index < -0.39 is 0 Å². The summed E-state index contributed by atoms with van der Waals surface area (Å²) < 4.78 is 0. The maximum atomic E-state index is 12.7. The maximum Gasteiger partial charge on any atom is 0.254 e. The highest BCUT2D eigenvalue weighted by atomic mass is 32.1. The lowest BCUT2D eigenvalue weighted by Gasteiger charge is -2.22. The molecule has 1 saturated heterocycles. The van der Waals surface area contributed by atoms with Crippen LogP contribution in [0.3, 0.4) is 0 Å². The first-order valence-electron chi connectivity index (χ1n) is 8.44. The summed E-state index contributed by atoms with van der Waals surface area (Å²) in [4.78, 5) is 30.9. The standard InChI is InChI=1S/C19H23N3O2S/c1-20(2)17-6-4-15(5-7-17)18(23)21-9-3-10-22(12-11-21)19(24)16-8-13-25-14-16/h4-8,13-14H,3,9-12H2,1-2H3. The van der Waals surface area contributed by atoms with Crippen LogP contribution < -0.4 is 4.90 Å². The number of rotatable bonds is 3. The molecule has 3 rings (SSSR count). The van der Waals surface area contributed by atoms with Gasteiger partial charge >= 0.3 is 0 Å². The van der Waals surface area contributed by atoms with Crippen LogP contribution >= 0.6 is 11.3 Å². The van der Waals surface area contributed by atoms with Gasteiger partial charge in [-0.15, -0.1) is 0 Å². The molecule has 0 atom stereocenters. The van der Waals surface area contributed by atoms with E-state index in [1.54, 1.807) is 0 Å². The molecule has 0 N–H and O–H groups in total. The predicted molar refractivity (Wildman–Crippen MR) is 102 cm³/mol. The van der Waals surface area contributed by atoms with Crippen molar-refractivity contribution < 1.29 is 9.59 Å². The third-order valence-electron chi connectivity index (χ3n) is 4.47. The number of carbonyl (C=O) groups is 2. The quantitative estimate of drug-likeness (QED) is 0.848. The molecule has 1 aliphatic heterocycles. The summed E-state index contributed by atoms with van der Waals surface area (Å²) in [5, 5.41) is 3.79. The monoisotopic (exact) mass is 357 g/mol. The van der Waals surface area contributed by atoms with E-state index in [0.717, 1.165) is 17.7 Å². The van der Waals surface area contributed by atoms with Gasteiger partial charge in [-0.1, -0.05) is 0 Å². The molecule has 0 aliphatic carbocycles. The van der Waals surface area contributed by atoms with E-state index >= 15 is 0 Å². The van der Waals surface area contributed by atoms with Gasteiger partial charge in [0.25, 0.3) is 11.8 Å². The van der Waals surface area contributed by atoms with Gasteiger partial charge in [0.15, 0.2) is 0 Å². The number of anilines is 1. The molecule has 0 spiro atoms. The van der Waals surface area contributed by atoms with Gasteiger partial charge in [-0.3, -0.25) is 9.59 Å². The van der Waals surface area contributed by atoms with Gasteiger partial charge in [-0.2, -0.15) is 11.3 Å². The van der Waals surface area contributed by atoms with Gasteiger partial charge in [-0.25, -0.2) is 0 Å². The van der Waals surface area contributed by atoms with Crippen molar-refractivity contribution >= 4 is 28.8 Å². The number of nitrogens with zero attached hydrogens (tertiary/aromatic N) is 3. The first kappa shape index (κ1) is 17.5. The molecule has 0 unspecified atom stereocenters. The fourth-order valence-electron chi connectivity index (χ4n) is 2.98. The summed E-state index contributed by atoms with van der Waals surface area (Å²) in [6.07, 6.45) is 0.803. The minimum absolute atomic E-state index is 0.0372. The molecule has 5 nitrogen and oxygen atoms in total. The lowest BCUT2D eigenvalue weighted by Crippen LogP contribution is -2.37. The molecular formula is C19H23N3O2S. The smallest absolute Gasteiger partial charge is 0.254 e. The van der Waals surface area contributed by atoms with Crippen LogP contribution in [0.25, 0.3) is 0 Å². The molecule has 2 aromatic rings. The van der Waals surface area contributed by atoms with Crippen molar-refractivity contribution in [2.75, 3.05) is 45.2 Å². The second-order valence-electron chi connectivity index (χ2n) is 6.39. The highest BCUT2D eigenvalue weighted by molar-refractivity contribution is 7.08. The number of hydrogen-bond acceptors (Lipinski definition) is 4. The van der Waals surface area contributed by atoms with E-state index in [1.807, 2.05) is 69.9 Å². The number of thiophene rings is 1. The molecule has 2 amide bonds. The van der Waals surface area contributed by atoms with E-state index in [4.69, 9.17) is 0 Å². The van der Waals surface area contributed by atoms with Crippen LogP contribution in [-0.2, 0) is 0 Å². The molecule has 1 fully saturated rings. The highest BCUT2D eigenvalue weighted by Crippen LogP contribution is 2.16. The molecule has 1 aliphatic rings. The maximum absolute atomic E-state index is 12.7. The normalized spacial score (nSPS) is 15.0. The van der Waals surface area contributed by atoms with E-state index in [1.165, 1.54) is 11.3 Å². The summed E-state index contributed by atoms with van der Waals surface area (Å²) in [7, 11) is 3.95. The Bertz CT molecular complexity index is 726. The van der Waals surface area contributed by atoms with Crippen LogP contribution in [0, 0.1) is 0 Å². The molecule has 2 heterocycles. The van der Waals surface area contributed by atoms with Crippen LogP contribution in [0.1, 0.15) is 27.1 Å². The number of amides is 2. The summed E-state index contributed by atoms with van der Waals surface area (Å²) in [5.41, 5.74) is 2.51. The molecule has 1 aromatic carbocycles. The zero-order valence-electron chi connectivity index (χ0n) is 14.6. The Morgan fingerprint density at radius 1 is 0.880 bits per heavy atom. The van der Waals surface area contributed by atoms with E-state index in [2.05, 4.69) is 0 Å². The summed E-state index contributed by atoms with van der Waals surface area (Å²) in [6.45, 7) is 2.53. The van der Waals surface area contributed by atoms with Crippen LogP contribution in [0.15, 0.2) is 41.1 Å². The largest absolute Gasteiger partial charge is 0.378 e. The molecule has 132 valence electrons. The second kappa shape index (κ2) is 7.70. The Morgan fingerprint density at radius 2 is 1.48 bits per heavy atom. The third-order valence-corrected chi connectivity index (χ3v) is 5.15. The average Bonchev–Trinajstić information content (AvgIpc) is 3.05. The lowest BCUT2D eigenvalue weighted by atomic mass is 10.1. The van der Waals surface area contributed by atoms with Crippen LogP contribution in [0.5, 0.6) is 0 Å². The predicted octanol–water partition coefficient (Wildman–Crippen LogP) is 2.80. The number of carbonyl (C=O) groups excluding carboxylic acids is 2. The highest BCUT2D eigenvalue weighted by Gasteiger charge is 2.23. The fourth-order valence-corrected chi connectivity index (χ4v) is 3.61. The van der Waals surface area contributed by atoms with Crippen molar-refractivity contribution in [3.8, 4) is 0 Å². The summed E-state index contributed by atoms with van der Waals surface area (Å²) in [5.74, 6) is 0.0982. The Hall–Kier alpha value is -2.34. The van der Waals surface area contributed by atoms with Crippen LogP contribution in [-0.4, -0.2) is 61.9 Å². The minimum atomic E-state index is 0.0372. The van der Waals surface area contributed by atoms with Crippen molar-refractivity contribution in [3.63, 3.8) is 0 Å². The Kier molecular flexibility index (Phi) is 5.38. The van der Waals surface area contributed by atoms with Gasteiger partial charge in [-0.05, 0) is 42.1 Å².